The molecule has 2 aromatic rings. The first-order valence-corrected chi connectivity index (χ1v) is 8.90. The molecule has 0 saturated heterocycles. The van der Waals surface area contributed by atoms with Crippen LogP contribution >= 0.6 is 0 Å². The highest BCUT2D eigenvalue weighted by molar-refractivity contribution is 5.73. The SMILES string of the molecule is Cc1ccc(CN2CCCn3nc(CNC(=O)N(C)C)cc3C2)c(F)c1. The maximum atomic E-state index is 14.2. The number of aryl methyl sites for hydroxylation is 2. The van der Waals surface area contributed by atoms with E-state index in [2.05, 4.69) is 15.3 Å². The van der Waals surface area contributed by atoms with Crippen molar-refractivity contribution in [3.63, 3.8) is 0 Å². The molecule has 7 heteroatoms. The van der Waals surface area contributed by atoms with E-state index in [0.717, 1.165) is 48.6 Å². The zero-order valence-electron chi connectivity index (χ0n) is 15.6. The normalized spacial score (nSPS) is 14.6. The summed E-state index contributed by atoms with van der Waals surface area (Å²) in [5.41, 5.74) is 3.61. The molecule has 0 radical (unpaired) electrons. The first-order chi connectivity index (χ1) is 12.4. The van der Waals surface area contributed by atoms with Crippen molar-refractivity contribution in [2.45, 2.75) is 39.5 Å². The third-order valence-electron chi connectivity index (χ3n) is 4.57. The summed E-state index contributed by atoms with van der Waals surface area (Å²) in [6, 6.07) is 7.30. The molecule has 0 spiro atoms. The van der Waals surface area contributed by atoms with Gasteiger partial charge in [0.2, 0.25) is 0 Å². The third kappa shape index (κ3) is 4.40. The molecular formula is C19H26FN5O. The molecule has 0 atom stereocenters. The van der Waals surface area contributed by atoms with Gasteiger partial charge in [0.05, 0.1) is 17.9 Å². The average Bonchev–Trinajstić information content (AvgIpc) is 2.87. The van der Waals surface area contributed by atoms with Crippen LogP contribution in [0.25, 0.3) is 0 Å². The number of hydrogen-bond donors (Lipinski definition) is 1. The van der Waals surface area contributed by atoms with Gasteiger partial charge in [0.25, 0.3) is 0 Å². The summed E-state index contributed by atoms with van der Waals surface area (Å²) in [5.74, 6) is -0.144. The van der Waals surface area contributed by atoms with Crippen molar-refractivity contribution >= 4 is 6.03 Å². The lowest BCUT2D eigenvalue weighted by molar-refractivity contribution is 0.217. The Morgan fingerprint density at radius 3 is 2.85 bits per heavy atom. The van der Waals surface area contributed by atoms with Crippen molar-refractivity contribution in [2.75, 3.05) is 20.6 Å². The molecule has 6 nitrogen and oxygen atoms in total. The molecule has 0 fully saturated rings. The van der Waals surface area contributed by atoms with Crippen molar-refractivity contribution in [1.82, 2.24) is 24.9 Å². The second-order valence-electron chi connectivity index (χ2n) is 7.06. The van der Waals surface area contributed by atoms with Crippen LogP contribution in [0.1, 0.15) is 28.9 Å². The number of rotatable bonds is 4. The largest absolute Gasteiger partial charge is 0.332 e. The molecule has 2 heterocycles. The topological polar surface area (TPSA) is 53.4 Å². The second kappa shape index (κ2) is 7.86. The van der Waals surface area contributed by atoms with Crippen molar-refractivity contribution in [2.24, 2.45) is 0 Å². The molecule has 3 rings (SSSR count). The highest BCUT2D eigenvalue weighted by Gasteiger charge is 2.18. The number of amides is 2. The maximum Gasteiger partial charge on any atom is 0.317 e. The summed E-state index contributed by atoms with van der Waals surface area (Å²) in [4.78, 5) is 15.4. The van der Waals surface area contributed by atoms with Crippen LogP contribution in [0.3, 0.4) is 0 Å². The van der Waals surface area contributed by atoms with Crippen LogP contribution in [-0.4, -0.2) is 46.3 Å². The molecule has 1 aromatic heterocycles. The summed E-state index contributed by atoms with van der Waals surface area (Å²) in [7, 11) is 3.42. The first kappa shape index (κ1) is 18.4. The Kier molecular flexibility index (Phi) is 5.56. The monoisotopic (exact) mass is 359 g/mol. The van der Waals surface area contributed by atoms with Crippen molar-refractivity contribution in [3.05, 3.63) is 52.6 Å². The average molecular weight is 359 g/mol. The Bertz CT molecular complexity index is 786. The van der Waals surface area contributed by atoms with Gasteiger partial charge in [0.1, 0.15) is 5.82 Å². The standard InChI is InChI=1S/C19H26FN5O/c1-14-5-6-15(18(20)9-14)12-24-7-4-8-25-17(13-24)10-16(22-25)11-21-19(26)23(2)3/h5-6,9-10H,4,7-8,11-13H2,1-3H3,(H,21,26). The Morgan fingerprint density at radius 2 is 2.12 bits per heavy atom. The minimum Gasteiger partial charge on any atom is -0.332 e. The third-order valence-corrected chi connectivity index (χ3v) is 4.57. The number of fused-ring (bicyclic) bond motifs is 1. The van der Waals surface area contributed by atoms with Gasteiger partial charge in [-0.2, -0.15) is 5.10 Å². The zero-order valence-corrected chi connectivity index (χ0v) is 15.6. The van der Waals surface area contributed by atoms with Crippen LogP contribution in [0, 0.1) is 12.7 Å². The molecule has 26 heavy (non-hydrogen) atoms. The van der Waals surface area contributed by atoms with E-state index >= 15 is 0 Å². The van der Waals surface area contributed by atoms with Crippen LogP contribution < -0.4 is 5.32 Å². The first-order valence-electron chi connectivity index (χ1n) is 8.90. The molecule has 0 saturated carbocycles. The number of benzene rings is 1. The van der Waals surface area contributed by atoms with Gasteiger partial charge < -0.3 is 10.2 Å². The minimum absolute atomic E-state index is 0.135. The van der Waals surface area contributed by atoms with Gasteiger partial charge in [-0.05, 0) is 31.0 Å². The fourth-order valence-electron chi connectivity index (χ4n) is 3.16. The molecule has 140 valence electrons. The molecule has 1 aliphatic heterocycles. The van der Waals surface area contributed by atoms with E-state index < -0.39 is 0 Å². The highest BCUT2D eigenvalue weighted by atomic mass is 19.1. The summed E-state index contributed by atoms with van der Waals surface area (Å²) >= 11 is 0. The minimum atomic E-state index is -0.144. The second-order valence-corrected chi connectivity index (χ2v) is 7.06. The molecular weight excluding hydrogens is 333 g/mol. The van der Waals surface area contributed by atoms with Crippen LogP contribution in [0.15, 0.2) is 24.3 Å². The molecule has 1 N–H and O–H groups in total. The van der Waals surface area contributed by atoms with Gasteiger partial charge in [0, 0.05) is 45.8 Å². The smallest absolute Gasteiger partial charge is 0.317 e. The number of nitrogens with one attached hydrogen (secondary N) is 1. The zero-order chi connectivity index (χ0) is 18.7. The quantitative estimate of drug-likeness (QED) is 0.913. The summed E-state index contributed by atoms with van der Waals surface area (Å²) in [6.07, 6.45) is 0.964. The molecule has 0 aliphatic carbocycles. The number of aromatic nitrogens is 2. The van der Waals surface area contributed by atoms with E-state index in [4.69, 9.17) is 0 Å². The molecule has 1 aliphatic rings. The van der Waals surface area contributed by atoms with E-state index in [1.807, 2.05) is 29.8 Å². The van der Waals surface area contributed by atoms with E-state index in [-0.39, 0.29) is 11.8 Å². The van der Waals surface area contributed by atoms with Crippen LogP contribution in [0.5, 0.6) is 0 Å². The van der Waals surface area contributed by atoms with Crippen LogP contribution in [0.2, 0.25) is 0 Å². The Labute approximate surface area is 153 Å². The van der Waals surface area contributed by atoms with Gasteiger partial charge in [0.15, 0.2) is 0 Å². The Hall–Kier alpha value is -2.41. The molecule has 2 amide bonds. The predicted octanol–water partition coefficient (Wildman–Crippen LogP) is 2.51. The lowest BCUT2D eigenvalue weighted by atomic mass is 10.1. The van der Waals surface area contributed by atoms with Crippen molar-refractivity contribution in [1.29, 1.82) is 0 Å². The van der Waals surface area contributed by atoms with E-state index in [1.165, 1.54) is 4.90 Å². The van der Waals surface area contributed by atoms with Crippen molar-refractivity contribution in [3.8, 4) is 0 Å². The maximum absolute atomic E-state index is 14.2. The predicted molar refractivity (Wildman–Crippen MR) is 98.0 cm³/mol. The van der Waals surface area contributed by atoms with Gasteiger partial charge in [-0.3, -0.25) is 9.58 Å². The fourth-order valence-corrected chi connectivity index (χ4v) is 3.16. The summed E-state index contributed by atoms with van der Waals surface area (Å²) < 4.78 is 16.2. The number of halogens is 1. The van der Waals surface area contributed by atoms with Gasteiger partial charge in [-0.25, -0.2) is 9.18 Å². The van der Waals surface area contributed by atoms with Gasteiger partial charge in [-0.15, -0.1) is 0 Å². The van der Waals surface area contributed by atoms with Crippen LogP contribution in [-0.2, 0) is 26.2 Å². The Morgan fingerprint density at radius 1 is 1.31 bits per heavy atom. The number of urea groups is 1. The number of carbonyl (C=O) groups is 1. The molecule has 0 unspecified atom stereocenters. The van der Waals surface area contributed by atoms with Crippen LogP contribution in [0.4, 0.5) is 9.18 Å². The number of carbonyl (C=O) groups excluding carboxylic acids is 1. The number of nitrogens with zero attached hydrogens (tertiary/aromatic N) is 4. The fraction of sp³-hybridized carbons (Fsp3) is 0.474. The van der Waals surface area contributed by atoms with Crippen molar-refractivity contribution < 1.29 is 9.18 Å². The van der Waals surface area contributed by atoms with Gasteiger partial charge in [-0.1, -0.05) is 12.1 Å². The molecule has 0 bridgehead atoms. The highest BCUT2D eigenvalue weighted by Crippen LogP contribution is 2.18. The van der Waals surface area contributed by atoms with E-state index in [1.54, 1.807) is 20.2 Å². The number of hydrogen-bond acceptors (Lipinski definition) is 3. The van der Waals surface area contributed by atoms with E-state index in [9.17, 15) is 9.18 Å². The lowest BCUT2D eigenvalue weighted by Gasteiger charge is -2.20. The summed E-state index contributed by atoms with van der Waals surface area (Å²) in [5, 5.41) is 7.43. The van der Waals surface area contributed by atoms with E-state index in [0.29, 0.717) is 13.1 Å². The lowest BCUT2D eigenvalue weighted by Crippen LogP contribution is -2.34. The Balaban J connectivity index is 1.66. The van der Waals surface area contributed by atoms with Gasteiger partial charge >= 0.3 is 6.03 Å². The molecule has 1 aromatic carbocycles. The summed E-state index contributed by atoms with van der Waals surface area (Å²) in [6.45, 7) is 5.36.